The van der Waals surface area contributed by atoms with Crippen molar-refractivity contribution in [1.82, 2.24) is 14.5 Å². The molecule has 1 aromatic carbocycles. The highest BCUT2D eigenvalue weighted by atomic mass is 16.6. The van der Waals surface area contributed by atoms with Gasteiger partial charge in [-0.3, -0.25) is 4.79 Å². The van der Waals surface area contributed by atoms with Gasteiger partial charge in [-0.1, -0.05) is 6.07 Å². The van der Waals surface area contributed by atoms with Crippen LogP contribution in [-0.4, -0.2) is 50.3 Å². The molecule has 7 nitrogen and oxygen atoms in total. The highest BCUT2D eigenvalue weighted by molar-refractivity contribution is 5.78. The third-order valence-corrected chi connectivity index (χ3v) is 4.90. The number of benzene rings is 1. The minimum atomic E-state index is -0.915. The molecule has 1 aliphatic heterocycles. The average Bonchev–Trinajstić information content (AvgIpc) is 2.87. The molecule has 2 aromatic rings. The van der Waals surface area contributed by atoms with Crippen molar-refractivity contribution in [2.75, 3.05) is 13.1 Å². The second-order valence-corrected chi connectivity index (χ2v) is 8.25. The number of imidazole rings is 1. The molecule has 0 bridgehead atoms. The van der Waals surface area contributed by atoms with Crippen molar-refractivity contribution in [1.29, 1.82) is 0 Å². The highest BCUT2D eigenvalue weighted by Crippen LogP contribution is 2.33. The molecule has 7 heteroatoms. The number of ether oxygens (including phenoxy) is 1. The maximum atomic E-state index is 12.4. The van der Waals surface area contributed by atoms with Gasteiger partial charge in [0.05, 0.1) is 23.0 Å². The normalized spacial score (nSPS) is 20.7. The van der Waals surface area contributed by atoms with Crippen molar-refractivity contribution in [3.8, 4) is 0 Å². The molecule has 27 heavy (non-hydrogen) atoms. The Kier molecular flexibility index (Phi) is 4.88. The Morgan fingerprint density at radius 2 is 1.96 bits per heavy atom. The molecule has 3 rings (SSSR count). The number of carbonyl (C=O) groups is 2. The number of hydrogen-bond donors (Lipinski definition) is 1. The number of carboxylic acids is 1. The van der Waals surface area contributed by atoms with E-state index in [1.165, 1.54) is 4.90 Å². The highest BCUT2D eigenvalue weighted by Gasteiger charge is 2.39. The first-order chi connectivity index (χ1) is 12.6. The predicted molar refractivity (Wildman–Crippen MR) is 102 cm³/mol. The number of nitrogens with zero attached hydrogens (tertiary/aromatic N) is 3. The second-order valence-electron chi connectivity index (χ2n) is 8.25. The number of aromatic nitrogens is 2. The number of likely N-dealkylation sites (tertiary alicyclic amines) is 1. The van der Waals surface area contributed by atoms with E-state index in [1.807, 2.05) is 36.6 Å². The molecule has 0 aliphatic carbocycles. The molecule has 1 amide bonds. The lowest BCUT2D eigenvalue weighted by Crippen LogP contribution is -2.48. The van der Waals surface area contributed by atoms with Gasteiger partial charge in [-0.2, -0.15) is 0 Å². The van der Waals surface area contributed by atoms with Gasteiger partial charge in [-0.05, 0) is 58.7 Å². The van der Waals surface area contributed by atoms with Crippen molar-refractivity contribution >= 4 is 23.1 Å². The fraction of sp³-hybridized carbons (Fsp3) is 0.550. The van der Waals surface area contributed by atoms with Crippen LogP contribution in [0.5, 0.6) is 0 Å². The molecule has 2 heterocycles. The summed E-state index contributed by atoms with van der Waals surface area (Å²) < 4.78 is 7.43. The fourth-order valence-electron chi connectivity index (χ4n) is 3.73. The number of piperidine rings is 1. The van der Waals surface area contributed by atoms with Gasteiger partial charge in [0.2, 0.25) is 0 Å². The van der Waals surface area contributed by atoms with E-state index in [4.69, 9.17) is 4.74 Å². The van der Waals surface area contributed by atoms with E-state index >= 15 is 0 Å². The molecule has 0 spiro atoms. The van der Waals surface area contributed by atoms with E-state index in [2.05, 4.69) is 4.98 Å². The first-order valence-corrected chi connectivity index (χ1v) is 9.23. The minimum absolute atomic E-state index is 0.125. The Bertz CT molecular complexity index is 881. The lowest BCUT2D eigenvalue weighted by Gasteiger charge is -2.38. The Balaban J connectivity index is 1.91. The Labute approximate surface area is 158 Å². The summed E-state index contributed by atoms with van der Waals surface area (Å²) in [6.07, 6.45) is 0.0752. The van der Waals surface area contributed by atoms with Crippen molar-refractivity contribution in [2.45, 2.75) is 52.7 Å². The van der Waals surface area contributed by atoms with Crippen molar-refractivity contribution in [3.05, 3.63) is 29.6 Å². The van der Waals surface area contributed by atoms with E-state index in [-0.39, 0.29) is 12.6 Å². The number of aryl methyl sites for hydroxylation is 2. The summed E-state index contributed by atoms with van der Waals surface area (Å²) in [4.78, 5) is 30.5. The molecule has 1 N–H and O–H groups in total. The summed E-state index contributed by atoms with van der Waals surface area (Å²) in [5.74, 6) is -0.845. The van der Waals surface area contributed by atoms with Crippen LogP contribution in [0.15, 0.2) is 18.2 Å². The second kappa shape index (κ2) is 6.87. The van der Waals surface area contributed by atoms with E-state index in [0.29, 0.717) is 13.0 Å². The first-order valence-electron chi connectivity index (χ1n) is 9.23. The van der Waals surface area contributed by atoms with Gasteiger partial charge >= 0.3 is 12.1 Å². The van der Waals surface area contributed by atoms with Gasteiger partial charge in [0, 0.05) is 13.1 Å². The first kappa shape index (κ1) is 19.2. The van der Waals surface area contributed by atoms with Crippen molar-refractivity contribution < 1.29 is 19.4 Å². The smallest absolute Gasteiger partial charge is 0.410 e. The number of carboxylic acid groups (broad SMARTS) is 1. The third-order valence-electron chi connectivity index (χ3n) is 4.90. The van der Waals surface area contributed by atoms with Gasteiger partial charge in [0.15, 0.2) is 0 Å². The van der Waals surface area contributed by atoms with E-state index < -0.39 is 23.6 Å². The number of carbonyl (C=O) groups excluding carboxylic acids is 1. The Morgan fingerprint density at radius 3 is 2.59 bits per heavy atom. The molecular formula is C20H27N3O4. The zero-order valence-electron chi connectivity index (χ0n) is 16.5. The van der Waals surface area contributed by atoms with Crippen LogP contribution in [-0.2, 0) is 9.53 Å². The SMILES string of the molecule is Cc1ccc2c(c1)nc(C)n2C1CCN(C(=O)OC(C)(C)C)CC1C(=O)O. The number of hydrogen-bond acceptors (Lipinski definition) is 4. The largest absolute Gasteiger partial charge is 0.481 e. The van der Waals surface area contributed by atoms with E-state index in [1.54, 1.807) is 20.8 Å². The zero-order chi connectivity index (χ0) is 19.9. The molecule has 2 unspecified atom stereocenters. The van der Waals surface area contributed by atoms with Gasteiger partial charge in [0.1, 0.15) is 11.4 Å². The minimum Gasteiger partial charge on any atom is -0.481 e. The topological polar surface area (TPSA) is 84.7 Å². The maximum absolute atomic E-state index is 12.4. The quantitative estimate of drug-likeness (QED) is 0.870. The van der Waals surface area contributed by atoms with Crippen LogP contribution in [0.25, 0.3) is 11.0 Å². The number of aliphatic carboxylic acids is 1. The lowest BCUT2D eigenvalue weighted by molar-refractivity contribution is -0.145. The number of rotatable bonds is 2. The van der Waals surface area contributed by atoms with Gasteiger partial charge < -0.3 is 19.3 Å². The monoisotopic (exact) mass is 373 g/mol. The summed E-state index contributed by atoms with van der Waals surface area (Å²) in [7, 11) is 0. The van der Waals surface area contributed by atoms with E-state index in [0.717, 1.165) is 22.4 Å². The third kappa shape index (κ3) is 3.91. The van der Waals surface area contributed by atoms with Crippen LogP contribution in [0.4, 0.5) is 4.79 Å². The molecule has 0 radical (unpaired) electrons. The van der Waals surface area contributed by atoms with Crippen LogP contribution in [0.3, 0.4) is 0 Å². The molecule has 146 valence electrons. The van der Waals surface area contributed by atoms with Crippen molar-refractivity contribution in [3.63, 3.8) is 0 Å². The zero-order valence-corrected chi connectivity index (χ0v) is 16.5. The van der Waals surface area contributed by atoms with Crippen LogP contribution in [0.2, 0.25) is 0 Å². The summed E-state index contributed by atoms with van der Waals surface area (Å²) in [6.45, 7) is 9.88. The summed E-state index contributed by atoms with van der Waals surface area (Å²) in [5.41, 5.74) is 2.30. The maximum Gasteiger partial charge on any atom is 0.410 e. The lowest BCUT2D eigenvalue weighted by atomic mass is 9.91. The number of fused-ring (bicyclic) bond motifs is 1. The Morgan fingerprint density at radius 1 is 1.26 bits per heavy atom. The average molecular weight is 373 g/mol. The molecule has 2 atom stereocenters. The van der Waals surface area contributed by atoms with Gasteiger partial charge in [-0.15, -0.1) is 0 Å². The number of amides is 1. The fourth-order valence-corrected chi connectivity index (χ4v) is 3.73. The van der Waals surface area contributed by atoms with Gasteiger partial charge in [-0.25, -0.2) is 9.78 Å². The molecule has 1 aliphatic rings. The molecule has 1 aromatic heterocycles. The molecule has 0 saturated carbocycles. The van der Waals surface area contributed by atoms with Crippen LogP contribution < -0.4 is 0 Å². The van der Waals surface area contributed by atoms with E-state index in [9.17, 15) is 14.7 Å². The molecule has 1 saturated heterocycles. The molecular weight excluding hydrogens is 346 g/mol. The van der Waals surface area contributed by atoms with Crippen LogP contribution >= 0.6 is 0 Å². The predicted octanol–water partition coefficient (Wildman–Crippen LogP) is 3.54. The standard InChI is InChI=1S/C20H27N3O4/c1-12-6-7-17-15(10-12)21-13(2)23(17)16-8-9-22(11-14(16)18(24)25)19(26)27-20(3,4)5/h6-7,10,14,16H,8-9,11H2,1-5H3,(H,24,25). The molecule has 1 fully saturated rings. The van der Waals surface area contributed by atoms with Crippen LogP contribution in [0.1, 0.15) is 44.6 Å². The van der Waals surface area contributed by atoms with Gasteiger partial charge in [0.25, 0.3) is 0 Å². The summed E-state index contributed by atoms with van der Waals surface area (Å²) in [5, 5.41) is 9.83. The summed E-state index contributed by atoms with van der Waals surface area (Å²) >= 11 is 0. The Hall–Kier alpha value is -2.57. The van der Waals surface area contributed by atoms with Crippen LogP contribution in [0, 0.1) is 19.8 Å². The van der Waals surface area contributed by atoms with Crippen molar-refractivity contribution in [2.24, 2.45) is 5.92 Å². The summed E-state index contributed by atoms with van der Waals surface area (Å²) in [6, 6.07) is 5.74.